The summed E-state index contributed by atoms with van der Waals surface area (Å²) in [6.07, 6.45) is 1.57. The summed E-state index contributed by atoms with van der Waals surface area (Å²) in [5.41, 5.74) is 0.401. The molecule has 0 spiro atoms. The molecule has 6 nitrogen and oxygen atoms in total. The van der Waals surface area contributed by atoms with Gasteiger partial charge in [-0.3, -0.25) is 4.72 Å². The molecule has 1 aromatic heterocycles. The monoisotopic (exact) mass is 492 g/mol. The second-order valence-electron chi connectivity index (χ2n) is 5.15. The Kier molecular flexibility index (Phi) is 5.83. The summed E-state index contributed by atoms with van der Waals surface area (Å²) in [6.45, 7) is 0. The van der Waals surface area contributed by atoms with Crippen LogP contribution in [0.5, 0.6) is 0 Å². The van der Waals surface area contributed by atoms with Gasteiger partial charge in [-0.25, -0.2) is 8.42 Å². The third-order valence-corrected chi connectivity index (χ3v) is 6.98. The van der Waals surface area contributed by atoms with Crippen molar-refractivity contribution in [3.63, 3.8) is 0 Å². The van der Waals surface area contributed by atoms with Gasteiger partial charge in [0.2, 0.25) is 0 Å². The van der Waals surface area contributed by atoms with Gasteiger partial charge in [-0.15, -0.1) is 10.2 Å². The van der Waals surface area contributed by atoms with E-state index in [0.29, 0.717) is 15.7 Å². The molecule has 0 saturated carbocycles. The van der Waals surface area contributed by atoms with Crippen molar-refractivity contribution in [2.75, 3.05) is 4.72 Å². The Hall–Kier alpha value is -1.26. The van der Waals surface area contributed by atoms with Crippen molar-refractivity contribution in [2.24, 2.45) is 7.05 Å². The van der Waals surface area contributed by atoms with E-state index < -0.39 is 10.0 Å². The molecule has 0 aliphatic rings. The van der Waals surface area contributed by atoms with Crippen molar-refractivity contribution in [2.45, 2.75) is 14.9 Å². The van der Waals surface area contributed by atoms with Crippen LogP contribution in [0.3, 0.4) is 0 Å². The average Bonchev–Trinajstić information content (AvgIpc) is 2.97. The number of nitrogens with one attached hydrogen (secondary N) is 1. The van der Waals surface area contributed by atoms with E-state index in [1.807, 2.05) is 6.07 Å². The minimum absolute atomic E-state index is 0.0153. The van der Waals surface area contributed by atoms with Gasteiger partial charge < -0.3 is 4.57 Å². The van der Waals surface area contributed by atoms with Gasteiger partial charge >= 0.3 is 0 Å². The summed E-state index contributed by atoms with van der Waals surface area (Å²) in [7, 11) is -2.04. The Balaban J connectivity index is 1.96. The van der Waals surface area contributed by atoms with Gasteiger partial charge in [-0.1, -0.05) is 39.1 Å². The molecule has 0 aliphatic heterocycles. The first-order chi connectivity index (χ1) is 12.3. The van der Waals surface area contributed by atoms with Crippen molar-refractivity contribution < 1.29 is 8.42 Å². The van der Waals surface area contributed by atoms with E-state index in [2.05, 4.69) is 30.8 Å². The summed E-state index contributed by atoms with van der Waals surface area (Å²) in [4.78, 5) is 0.689. The quantitative estimate of drug-likeness (QED) is 0.550. The van der Waals surface area contributed by atoms with E-state index in [0.717, 1.165) is 4.47 Å². The molecule has 3 aromatic rings. The number of aromatic nitrogens is 3. The number of sulfonamides is 1. The summed E-state index contributed by atoms with van der Waals surface area (Å²) in [5.74, 6) is 0. The predicted molar refractivity (Wildman–Crippen MR) is 107 cm³/mol. The average molecular weight is 494 g/mol. The van der Waals surface area contributed by atoms with Crippen molar-refractivity contribution in [1.82, 2.24) is 14.8 Å². The topological polar surface area (TPSA) is 76.9 Å². The molecular weight excluding hydrogens is 483 g/mol. The first-order valence-electron chi connectivity index (χ1n) is 7.05. The van der Waals surface area contributed by atoms with Crippen LogP contribution in [0.25, 0.3) is 0 Å². The lowest BCUT2D eigenvalue weighted by atomic mass is 10.3. The minimum atomic E-state index is -3.85. The molecule has 0 aliphatic carbocycles. The zero-order valence-corrected chi connectivity index (χ0v) is 17.9. The molecule has 2 aromatic carbocycles. The number of anilines is 1. The van der Waals surface area contributed by atoms with Crippen LogP contribution in [0, 0.1) is 0 Å². The van der Waals surface area contributed by atoms with Crippen LogP contribution < -0.4 is 4.72 Å². The highest BCUT2D eigenvalue weighted by atomic mass is 79.9. The molecule has 1 heterocycles. The molecule has 0 bridgehead atoms. The van der Waals surface area contributed by atoms with Gasteiger partial charge in [0.05, 0.1) is 20.6 Å². The Labute approximate surface area is 173 Å². The molecule has 0 amide bonds. The molecule has 0 radical (unpaired) electrons. The molecule has 11 heteroatoms. The fraction of sp³-hybridized carbons (Fsp3) is 0.0667. The lowest BCUT2D eigenvalue weighted by Crippen LogP contribution is -2.13. The van der Waals surface area contributed by atoms with Crippen LogP contribution in [-0.4, -0.2) is 23.2 Å². The summed E-state index contributed by atoms with van der Waals surface area (Å²) < 4.78 is 30.5. The van der Waals surface area contributed by atoms with E-state index >= 15 is 0 Å². The number of benzene rings is 2. The standard InChI is InChI=1S/C15H11BrCl2N4O2S2/c1-22-8-19-20-15(22)25-14-5-2-9(16)6-13(14)21-26(23,24)10-3-4-11(17)12(18)7-10/h2-8,21H,1H3. The molecular formula is C15H11BrCl2N4O2S2. The number of halogens is 3. The second-order valence-corrected chi connectivity index (χ2v) is 9.57. The predicted octanol–water partition coefficient (Wildman–Crippen LogP) is 4.84. The normalized spacial score (nSPS) is 11.5. The second kappa shape index (κ2) is 7.77. The first kappa shape index (κ1) is 19.5. The first-order valence-corrected chi connectivity index (χ1v) is 10.9. The zero-order valence-electron chi connectivity index (χ0n) is 13.1. The lowest BCUT2D eigenvalue weighted by Gasteiger charge is -2.13. The molecule has 136 valence electrons. The smallest absolute Gasteiger partial charge is 0.261 e. The molecule has 0 fully saturated rings. The van der Waals surface area contributed by atoms with E-state index in [-0.39, 0.29) is 14.9 Å². The van der Waals surface area contributed by atoms with Crippen LogP contribution in [0.15, 0.2) is 62.1 Å². The Morgan fingerprint density at radius 1 is 1.15 bits per heavy atom. The highest BCUT2D eigenvalue weighted by molar-refractivity contribution is 9.10. The summed E-state index contributed by atoms with van der Waals surface area (Å²) in [5, 5.41) is 8.90. The largest absolute Gasteiger partial charge is 0.311 e. The molecule has 3 rings (SSSR count). The summed E-state index contributed by atoms with van der Waals surface area (Å²) >= 11 is 16.4. The van der Waals surface area contributed by atoms with Crippen molar-refractivity contribution in [3.05, 3.63) is 57.2 Å². The maximum absolute atomic E-state index is 12.7. The van der Waals surface area contributed by atoms with Crippen LogP contribution in [0.1, 0.15) is 0 Å². The van der Waals surface area contributed by atoms with E-state index in [1.54, 1.807) is 30.1 Å². The molecule has 0 atom stereocenters. The van der Waals surface area contributed by atoms with Gasteiger partial charge in [0.15, 0.2) is 5.16 Å². The van der Waals surface area contributed by atoms with Crippen LogP contribution in [0.4, 0.5) is 5.69 Å². The number of hydrogen-bond donors (Lipinski definition) is 1. The third-order valence-electron chi connectivity index (χ3n) is 3.26. The summed E-state index contributed by atoms with van der Waals surface area (Å²) in [6, 6.07) is 9.41. The third kappa shape index (κ3) is 4.34. The zero-order chi connectivity index (χ0) is 18.9. The van der Waals surface area contributed by atoms with Gasteiger partial charge in [0.1, 0.15) is 6.33 Å². The molecule has 0 saturated heterocycles. The Morgan fingerprint density at radius 3 is 2.58 bits per heavy atom. The van der Waals surface area contributed by atoms with Crippen LogP contribution in [-0.2, 0) is 17.1 Å². The van der Waals surface area contributed by atoms with Crippen molar-refractivity contribution in [3.8, 4) is 0 Å². The fourth-order valence-electron chi connectivity index (χ4n) is 1.98. The van der Waals surface area contributed by atoms with Gasteiger partial charge in [0.25, 0.3) is 10.0 Å². The van der Waals surface area contributed by atoms with Crippen molar-refractivity contribution in [1.29, 1.82) is 0 Å². The maximum atomic E-state index is 12.7. The molecule has 0 unspecified atom stereocenters. The molecule has 1 N–H and O–H groups in total. The highest BCUT2D eigenvalue weighted by Crippen LogP contribution is 2.35. The maximum Gasteiger partial charge on any atom is 0.261 e. The Morgan fingerprint density at radius 2 is 1.92 bits per heavy atom. The number of hydrogen-bond acceptors (Lipinski definition) is 5. The molecule has 26 heavy (non-hydrogen) atoms. The number of aryl methyl sites for hydroxylation is 1. The number of rotatable bonds is 5. The fourth-order valence-corrected chi connectivity index (χ4v) is 4.70. The van der Waals surface area contributed by atoms with Crippen molar-refractivity contribution >= 4 is 66.6 Å². The van der Waals surface area contributed by atoms with E-state index in [4.69, 9.17) is 23.2 Å². The Bertz CT molecular complexity index is 1070. The highest BCUT2D eigenvalue weighted by Gasteiger charge is 2.19. The lowest BCUT2D eigenvalue weighted by molar-refractivity contribution is 0.601. The SMILES string of the molecule is Cn1cnnc1Sc1ccc(Br)cc1NS(=O)(=O)c1ccc(Cl)c(Cl)c1. The van der Waals surface area contributed by atoms with E-state index in [9.17, 15) is 8.42 Å². The van der Waals surface area contributed by atoms with Gasteiger partial charge in [-0.2, -0.15) is 0 Å². The van der Waals surface area contributed by atoms with Crippen LogP contribution >= 0.6 is 50.9 Å². The number of nitrogens with zero attached hydrogens (tertiary/aromatic N) is 3. The van der Waals surface area contributed by atoms with Gasteiger partial charge in [0, 0.05) is 16.4 Å². The van der Waals surface area contributed by atoms with E-state index in [1.165, 1.54) is 30.0 Å². The minimum Gasteiger partial charge on any atom is -0.311 e. The van der Waals surface area contributed by atoms with Crippen LogP contribution in [0.2, 0.25) is 10.0 Å². The van der Waals surface area contributed by atoms with Gasteiger partial charge in [-0.05, 0) is 48.2 Å².